The minimum atomic E-state index is 0.0803. The molecule has 0 aliphatic carbocycles. The van der Waals surface area contributed by atoms with Crippen LogP contribution in [-0.2, 0) is 11.8 Å². The Labute approximate surface area is 108 Å². The topological polar surface area (TPSA) is 59.0 Å². The standard InChI is InChI=1S/C13H22N4O/c1-10(11-4-3-6-14-9-11)8-13(18)16-12-5-7-15-17(12)2/h5,7,10-11,14H,3-4,6,8-9H2,1-2H3,(H,16,18). The number of amides is 1. The molecule has 1 fully saturated rings. The van der Waals surface area contributed by atoms with Crippen molar-refractivity contribution in [3.63, 3.8) is 0 Å². The zero-order valence-electron chi connectivity index (χ0n) is 11.1. The second kappa shape index (κ2) is 6.00. The third kappa shape index (κ3) is 3.32. The van der Waals surface area contributed by atoms with Gasteiger partial charge in [0.15, 0.2) is 0 Å². The van der Waals surface area contributed by atoms with Crippen LogP contribution < -0.4 is 10.6 Å². The van der Waals surface area contributed by atoms with Crippen molar-refractivity contribution in [2.24, 2.45) is 18.9 Å². The average Bonchev–Trinajstić information content (AvgIpc) is 2.76. The van der Waals surface area contributed by atoms with Crippen LogP contribution in [0.2, 0.25) is 0 Å². The number of hydrogen-bond acceptors (Lipinski definition) is 3. The lowest BCUT2D eigenvalue weighted by atomic mass is 9.85. The monoisotopic (exact) mass is 250 g/mol. The second-order valence-corrected chi connectivity index (χ2v) is 5.18. The van der Waals surface area contributed by atoms with Crippen LogP contribution in [0.1, 0.15) is 26.2 Å². The number of carbonyl (C=O) groups is 1. The number of piperidine rings is 1. The molecule has 0 radical (unpaired) electrons. The van der Waals surface area contributed by atoms with Gasteiger partial charge in [-0.3, -0.25) is 9.48 Å². The first-order valence-electron chi connectivity index (χ1n) is 6.65. The van der Waals surface area contributed by atoms with Gasteiger partial charge in [-0.1, -0.05) is 6.92 Å². The van der Waals surface area contributed by atoms with Crippen molar-refractivity contribution >= 4 is 11.7 Å². The molecule has 0 spiro atoms. The highest BCUT2D eigenvalue weighted by atomic mass is 16.1. The van der Waals surface area contributed by atoms with E-state index in [0.29, 0.717) is 18.3 Å². The van der Waals surface area contributed by atoms with Gasteiger partial charge in [0, 0.05) is 19.5 Å². The summed E-state index contributed by atoms with van der Waals surface area (Å²) in [5, 5.41) is 10.3. The number of rotatable bonds is 4. The van der Waals surface area contributed by atoms with Gasteiger partial charge in [-0.05, 0) is 37.8 Å². The van der Waals surface area contributed by atoms with Crippen molar-refractivity contribution in [1.82, 2.24) is 15.1 Å². The Kier molecular flexibility index (Phi) is 4.36. The smallest absolute Gasteiger partial charge is 0.225 e. The Hall–Kier alpha value is -1.36. The summed E-state index contributed by atoms with van der Waals surface area (Å²) in [4.78, 5) is 11.9. The molecule has 1 aliphatic heterocycles. The van der Waals surface area contributed by atoms with E-state index in [1.807, 2.05) is 13.1 Å². The fourth-order valence-corrected chi connectivity index (χ4v) is 2.51. The fourth-order valence-electron chi connectivity index (χ4n) is 2.51. The SMILES string of the molecule is CC(CC(=O)Nc1ccnn1C)C1CCCNC1. The summed E-state index contributed by atoms with van der Waals surface area (Å²) in [5.41, 5.74) is 0. The summed E-state index contributed by atoms with van der Waals surface area (Å²) in [5.74, 6) is 1.88. The molecule has 18 heavy (non-hydrogen) atoms. The van der Waals surface area contributed by atoms with Crippen molar-refractivity contribution in [1.29, 1.82) is 0 Å². The fraction of sp³-hybridized carbons (Fsp3) is 0.692. The highest BCUT2D eigenvalue weighted by molar-refractivity contribution is 5.89. The normalized spacial score (nSPS) is 21.6. The van der Waals surface area contributed by atoms with Crippen LogP contribution >= 0.6 is 0 Å². The predicted octanol–water partition coefficient (Wildman–Crippen LogP) is 1.38. The summed E-state index contributed by atoms with van der Waals surface area (Å²) >= 11 is 0. The summed E-state index contributed by atoms with van der Waals surface area (Å²) in [6, 6.07) is 1.81. The molecule has 5 heteroatoms. The highest BCUT2D eigenvalue weighted by Gasteiger charge is 2.22. The minimum absolute atomic E-state index is 0.0803. The molecule has 0 saturated carbocycles. The molecular weight excluding hydrogens is 228 g/mol. The van der Waals surface area contributed by atoms with Gasteiger partial charge in [-0.25, -0.2) is 0 Å². The molecule has 0 aromatic carbocycles. The van der Waals surface area contributed by atoms with Crippen LogP contribution in [0.3, 0.4) is 0 Å². The average molecular weight is 250 g/mol. The molecule has 100 valence electrons. The molecule has 2 N–H and O–H groups in total. The predicted molar refractivity (Wildman–Crippen MR) is 71.2 cm³/mol. The van der Waals surface area contributed by atoms with Gasteiger partial charge in [0.2, 0.25) is 5.91 Å². The first-order chi connectivity index (χ1) is 8.66. The maximum atomic E-state index is 11.9. The molecule has 2 heterocycles. The summed E-state index contributed by atoms with van der Waals surface area (Å²) in [6.07, 6.45) is 4.72. The molecule has 1 saturated heterocycles. The van der Waals surface area contributed by atoms with E-state index in [1.165, 1.54) is 12.8 Å². The Morgan fingerprint density at radius 3 is 3.17 bits per heavy atom. The van der Waals surface area contributed by atoms with Crippen molar-refractivity contribution in [2.45, 2.75) is 26.2 Å². The molecule has 1 aromatic heterocycles. The molecule has 1 aliphatic rings. The number of aryl methyl sites for hydroxylation is 1. The van der Waals surface area contributed by atoms with Crippen molar-refractivity contribution in [3.05, 3.63) is 12.3 Å². The van der Waals surface area contributed by atoms with E-state index in [4.69, 9.17) is 0 Å². The van der Waals surface area contributed by atoms with Crippen molar-refractivity contribution in [2.75, 3.05) is 18.4 Å². The highest BCUT2D eigenvalue weighted by Crippen LogP contribution is 2.22. The van der Waals surface area contributed by atoms with Gasteiger partial charge in [-0.15, -0.1) is 0 Å². The molecule has 2 atom stereocenters. The summed E-state index contributed by atoms with van der Waals surface area (Å²) in [7, 11) is 1.82. The Bertz CT molecular complexity index is 395. The molecule has 1 aromatic rings. The summed E-state index contributed by atoms with van der Waals surface area (Å²) < 4.78 is 1.67. The van der Waals surface area contributed by atoms with Crippen LogP contribution in [0.5, 0.6) is 0 Å². The Balaban J connectivity index is 1.81. The first-order valence-corrected chi connectivity index (χ1v) is 6.65. The van der Waals surface area contributed by atoms with Gasteiger partial charge in [0.1, 0.15) is 5.82 Å². The number of aromatic nitrogens is 2. The van der Waals surface area contributed by atoms with E-state index in [-0.39, 0.29) is 5.91 Å². The van der Waals surface area contributed by atoms with E-state index in [9.17, 15) is 4.79 Å². The zero-order chi connectivity index (χ0) is 13.0. The van der Waals surface area contributed by atoms with Gasteiger partial charge >= 0.3 is 0 Å². The van der Waals surface area contributed by atoms with Crippen molar-refractivity contribution < 1.29 is 4.79 Å². The Morgan fingerprint density at radius 2 is 2.56 bits per heavy atom. The second-order valence-electron chi connectivity index (χ2n) is 5.18. The Morgan fingerprint density at radius 1 is 1.72 bits per heavy atom. The van der Waals surface area contributed by atoms with E-state index >= 15 is 0 Å². The van der Waals surface area contributed by atoms with Crippen LogP contribution in [0, 0.1) is 11.8 Å². The first kappa shape index (κ1) is 13.1. The number of anilines is 1. The number of hydrogen-bond donors (Lipinski definition) is 2. The number of nitrogens with one attached hydrogen (secondary N) is 2. The van der Waals surface area contributed by atoms with Crippen LogP contribution in [-0.4, -0.2) is 28.8 Å². The van der Waals surface area contributed by atoms with Gasteiger partial charge in [-0.2, -0.15) is 5.10 Å². The van der Waals surface area contributed by atoms with Crippen LogP contribution in [0.25, 0.3) is 0 Å². The van der Waals surface area contributed by atoms with Crippen LogP contribution in [0.4, 0.5) is 5.82 Å². The molecule has 1 amide bonds. The third-order valence-electron chi connectivity index (χ3n) is 3.74. The lowest BCUT2D eigenvalue weighted by molar-refractivity contribution is -0.117. The van der Waals surface area contributed by atoms with E-state index in [0.717, 1.165) is 18.9 Å². The van der Waals surface area contributed by atoms with Crippen molar-refractivity contribution in [3.8, 4) is 0 Å². The van der Waals surface area contributed by atoms with Gasteiger partial charge in [0.25, 0.3) is 0 Å². The number of nitrogens with zero attached hydrogens (tertiary/aromatic N) is 2. The largest absolute Gasteiger partial charge is 0.316 e. The lowest BCUT2D eigenvalue weighted by Crippen LogP contribution is -2.34. The molecular formula is C13H22N4O. The van der Waals surface area contributed by atoms with E-state index < -0.39 is 0 Å². The lowest BCUT2D eigenvalue weighted by Gasteiger charge is -2.27. The number of carbonyl (C=O) groups excluding carboxylic acids is 1. The van der Waals surface area contributed by atoms with Gasteiger partial charge < -0.3 is 10.6 Å². The molecule has 2 rings (SSSR count). The molecule has 2 unspecified atom stereocenters. The minimum Gasteiger partial charge on any atom is -0.316 e. The maximum Gasteiger partial charge on any atom is 0.225 e. The molecule has 0 bridgehead atoms. The van der Waals surface area contributed by atoms with Gasteiger partial charge in [0.05, 0.1) is 6.20 Å². The van der Waals surface area contributed by atoms with Crippen LogP contribution in [0.15, 0.2) is 12.3 Å². The summed E-state index contributed by atoms with van der Waals surface area (Å²) in [6.45, 7) is 4.32. The maximum absolute atomic E-state index is 11.9. The zero-order valence-corrected chi connectivity index (χ0v) is 11.1. The van der Waals surface area contributed by atoms with E-state index in [2.05, 4.69) is 22.7 Å². The van der Waals surface area contributed by atoms with E-state index in [1.54, 1.807) is 10.9 Å². The molecule has 5 nitrogen and oxygen atoms in total. The third-order valence-corrected chi connectivity index (χ3v) is 3.74. The quantitative estimate of drug-likeness (QED) is 0.849.